The van der Waals surface area contributed by atoms with E-state index in [1.54, 1.807) is 0 Å². The van der Waals surface area contributed by atoms with Gasteiger partial charge in [0.25, 0.3) is 0 Å². The highest BCUT2D eigenvalue weighted by Gasteiger charge is 2.21. The summed E-state index contributed by atoms with van der Waals surface area (Å²) in [6.45, 7) is 2.65. The summed E-state index contributed by atoms with van der Waals surface area (Å²) in [6.07, 6.45) is 2.36. The van der Waals surface area contributed by atoms with Crippen LogP contribution in [0.2, 0.25) is 0 Å². The summed E-state index contributed by atoms with van der Waals surface area (Å²) >= 11 is 0. The van der Waals surface area contributed by atoms with Crippen molar-refractivity contribution < 1.29 is 9.53 Å². The number of carbonyl (C=O) groups is 1. The molecule has 3 aromatic rings. The lowest BCUT2D eigenvalue weighted by Crippen LogP contribution is -2.38. The zero-order chi connectivity index (χ0) is 20.6. The summed E-state index contributed by atoms with van der Waals surface area (Å²) < 4.78 is 5.82. The second-order valence-corrected chi connectivity index (χ2v) is 7.75. The number of nitrogens with one attached hydrogen (secondary N) is 1. The Kier molecular flexibility index (Phi) is 6.91. The zero-order valence-corrected chi connectivity index (χ0v) is 17.2. The van der Waals surface area contributed by atoms with E-state index < -0.39 is 0 Å². The number of hydrogen-bond donors (Lipinski definition) is 1. The standard InChI is InChI=1S/C26H28N2O2/c29-26(27-25-16-8-7-15-24(25)22-12-5-2-6-13-22)20-28(19-23-14-9-17-30-23)18-21-10-3-1-4-11-21/h1-8,10-13,15-16,23H,9,14,17-20H2,(H,27,29). The van der Waals surface area contributed by atoms with E-state index in [2.05, 4.69) is 34.5 Å². The monoisotopic (exact) mass is 400 g/mol. The van der Waals surface area contributed by atoms with Crippen LogP contribution < -0.4 is 5.32 Å². The van der Waals surface area contributed by atoms with E-state index in [0.717, 1.165) is 49.4 Å². The fraction of sp³-hybridized carbons (Fsp3) is 0.269. The minimum absolute atomic E-state index is 0.00712. The first kappa shape index (κ1) is 20.3. The molecule has 1 heterocycles. The van der Waals surface area contributed by atoms with Gasteiger partial charge in [-0.2, -0.15) is 0 Å². The third kappa shape index (κ3) is 5.56. The van der Waals surface area contributed by atoms with Crippen LogP contribution in [0.1, 0.15) is 18.4 Å². The Balaban J connectivity index is 1.46. The van der Waals surface area contributed by atoms with Gasteiger partial charge in [-0.3, -0.25) is 9.69 Å². The van der Waals surface area contributed by atoms with Crippen molar-refractivity contribution in [2.24, 2.45) is 0 Å². The van der Waals surface area contributed by atoms with Crippen LogP contribution in [0, 0.1) is 0 Å². The summed E-state index contributed by atoms with van der Waals surface area (Å²) in [4.78, 5) is 15.2. The van der Waals surface area contributed by atoms with Gasteiger partial charge in [0, 0.05) is 30.9 Å². The molecule has 1 unspecified atom stereocenters. The molecule has 4 heteroatoms. The summed E-state index contributed by atoms with van der Waals surface area (Å²) in [6, 6.07) is 28.4. The molecule has 1 saturated heterocycles. The molecule has 1 fully saturated rings. The van der Waals surface area contributed by atoms with E-state index in [1.165, 1.54) is 5.56 Å². The summed E-state index contributed by atoms with van der Waals surface area (Å²) in [5, 5.41) is 3.13. The summed E-state index contributed by atoms with van der Waals surface area (Å²) in [7, 11) is 0. The number of carbonyl (C=O) groups excluding carboxylic acids is 1. The second kappa shape index (κ2) is 10.2. The molecular weight excluding hydrogens is 372 g/mol. The molecule has 30 heavy (non-hydrogen) atoms. The highest BCUT2D eigenvalue weighted by atomic mass is 16.5. The van der Waals surface area contributed by atoms with E-state index in [-0.39, 0.29) is 12.0 Å². The average molecular weight is 401 g/mol. The Bertz CT molecular complexity index is 938. The number of para-hydroxylation sites is 1. The molecule has 0 spiro atoms. The molecule has 0 radical (unpaired) electrons. The first-order valence-electron chi connectivity index (χ1n) is 10.6. The van der Waals surface area contributed by atoms with Gasteiger partial charge in [0.05, 0.1) is 12.6 Å². The largest absolute Gasteiger partial charge is 0.377 e. The van der Waals surface area contributed by atoms with Gasteiger partial charge in [-0.1, -0.05) is 78.9 Å². The molecule has 0 aromatic heterocycles. The highest BCUT2D eigenvalue weighted by Crippen LogP contribution is 2.27. The molecule has 1 atom stereocenters. The maximum atomic E-state index is 13.0. The predicted octanol–water partition coefficient (Wildman–Crippen LogP) is 4.97. The Morgan fingerprint density at radius 3 is 2.37 bits per heavy atom. The first-order valence-corrected chi connectivity index (χ1v) is 10.6. The van der Waals surface area contributed by atoms with Crippen LogP contribution >= 0.6 is 0 Å². The molecule has 1 aliphatic rings. The number of anilines is 1. The number of ether oxygens (including phenoxy) is 1. The molecule has 3 aromatic carbocycles. The molecule has 1 aliphatic heterocycles. The van der Waals surface area contributed by atoms with Crippen molar-refractivity contribution in [1.82, 2.24) is 4.90 Å². The maximum absolute atomic E-state index is 13.0. The van der Waals surface area contributed by atoms with E-state index in [0.29, 0.717) is 6.54 Å². The lowest BCUT2D eigenvalue weighted by atomic mass is 10.0. The van der Waals surface area contributed by atoms with Crippen molar-refractivity contribution in [3.8, 4) is 11.1 Å². The smallest absolute Gasteiger partial charge is 0.238 e. The van der Waals surface area contributed by atoms with Crippen LogP contribution in [0.25, 0.3) is 11.1 Å². The van der Waals surface area contributed by atoms with Crippen LogP contribution in [0.4, 0.5) is 5.69 Å². The Hall–Kier alpha value is -2.95. The van der Waals surface area contributed by atoms with Gasteiger partial charge in [0.15, 0.2) is 0 Å². The SMILES string of the molecule is O=C(CN(Cc1ccccc1)CC1CCCO1)Nc1ccccc1-c1ccccc1. The minimum atomic E-state index is -0.00712. The first-order chi connectivity index (χ1) is 14.8. The minimum Gasteiger partial charge on any atom is -0.377 e. The van der Waals surface area contributed by atoms with Crippen molar-refractivity contribution >= 4 is 11.6 Å². The van der Waals surface area contributed by atoms with Crippen molar-refractivity contribution in [2.45, 2.75) is 25.5 Å². The molecule has 1 N–H and O–H groups in total. The van der Waals surface area contributed by atoms with Crippen molar-refractivity contribution in [3.05, 3.63) is 90.5 Å². The lowest BCUT2D eigenvalue weighted by Gasteiger charge is -2.25. The van der Waals surface area contributed by atoms with Crippen molar-refractivity contribution in [2.75, 3.05) is 25.0 Å². The molecule has 154 valence electrons. The lowest BCUT2D eigenvalue weighted by molar-refractivity contribution is -0.117. The molecule has 0 bridgehead atoms. The van der Waals surface area contributed by atoms with Gasteiger partial charge in [-0.25, -0.2) is 0 Å². The van der Waals surface area contributed by atoms with Gasteiger partial charge in [-0.05, 0) is 30.0 Å². The fourth-order valence-corrected chi connectivity index (χ4v) is 3.96. The fourth-order valence-electron chi connectivity index (χ4n) is 3.96. The topological polar surface area (TPSA) is 41.6 Å². The van der Waals surface area contributed by atoms with Crippen LogP contribution in [-0.2, 0) is 16.1 Å². The van der Waals surface area contributed by atoms with Crippen molar-refractivity contribution in [3.63, 3.8) is 0 Å². The quantitative estimate of drug-likeness (QED) is 0.580. The van der Waals surface area contributed by atoms with Gasteiger partial charge in [-0.15, -0.1) is 0 Å². The second-order valence-electron chi connectivity index (χ2n) is 7.75. The van der Waals surface area contributed by atoms with Crippen LogP contribution in [0.3, 0.4) is 0 Å². The molecule has 0 aliphatic carbocycles. The Morgan fingerprint density at radius 1 is 0.933 bits per heavy atom. The van der Waals surface area contributed by atoms with E-state index in [1.807, 2.05) is 60.7 Å². The van der Waals surface area contributed by atoms with Gasteiger partial charge >= 0.3 is 0 Å². The molecule has 4 nitrogen and oxygen atoms in total. The predicted molar refractivity (Wildman–Crippen MR) is 121 cm³/mol. The van der Waals surface area contributed by atoms with Gasteiger partial charge < -0.3 is 10.1 Å². The number of benzene rings is 3. The molecule has 1 amide bonds. The molecular formula is C26H28N2O2. The van der Waals surface area contributed by atoms with E-state index >= 15 is 0 Å². The zero-order valence-electron chi connectivity index (χ0n) is 17.2. The average Bonchev–Trinajstić information content (AvgIpc) is 3.28. The normalized spacial score (nSPS) is 16.0. The van der Waals surface area contributed by atoms with Crippen LogP contribution in [0.15, 0.2) is 84.9 Å². The van der Waals surface area contributed by atoms with E-state index in [4.69, 9.17) is 4.74 Å². The Labute approximate surface area is 178 Å². The number of amides is 1. The van der Waals surface area contributed by atoms with Crippen molar-refractivity contribution in [1.29, 1.82) is 0 Å². The summed E-state index contributed by atoms with van der Waals surface area (Å²) in [5.74, 6) is -0.00712. The highest BCUT2D eigenvalue weighted by molar-refractivity contribution is 5.96. The Morgan fingerprint density at radius 2 is 1.63 bits per heavy atom. The molecule has 0 saturated carbocycles. The number of nitrogens with zero attached hydrogens (tertiary/aromatic N) is 1. The third-order valence-corrected chi connectivity index (χ3v) is 5.39. The number of hydrogen-bond acceptors (Lipinski definition) is 3. The van der Waals surface area contributed by atoms with E-state index in [9.17, 15) is 4.79 Å². The third-order valence-electron chi connectivity index (χ3n) is 5.39. The number of rotatable bonds is 8. The van der Waals surface area contributed by atoms with Crippen LogP contribution in [-0.4, -0.2) is 36.6 Å². The van der Waals surface area contributed by atoms with Gasteiger partial charge in [0.1, 0.15) is 0 Å². The van der Waals surface area contributed by atoms with Gasteiger partial charge in [0.2, 0.25) is 5.91 Å². The maximum Gasteiger partial charge on any atom is 0.238 e. The summed E-state index contributed by atoms with van der Waals surface area (Å²) in [5.41, 5.74) is 4.16. The molecule has 4 rings (SSSR count). The van der Waals surface area contributed by atoms with Crippen LogP contribution in [0.5, 0.6) is 0 Å².